The van der Waals surface area contributed by atoms with Crippen molar-refractivity contribution in [1.29, 1.82) is 0 Å². The van der Waals surface area contributed by atoms with Crippen LogP contribution < -0.4 is 10.1 Å². The number of hydrogen-bond acceptors (Lipinski definition) is 3. The zero-order valence-corrected chi connectivity index (χ0v) is 13.6. The van der Waals surface area contributed by atoms with E-state index >= 15 is 0 Å². The van der Waals surface area contributed by atoms with Gasteiger partial charge in [0.15, 0.2) is 0 Å². The Kier molecular flexibility index (Phi) is 7.34. The van der Waals surface area contributed by atoms with Crippen LogP contribution in [0, 0.1) is 0 Å². The molecular weight excluding hydrogens is 286 g/mol. The quantitative estimate of drug-likeness (QED) is 0.731. The molecule has 0 unspecified atom stereocenters. The third-order valence-corrected chi connectivity index (χ3v) is 4.36. The van der Waals surface area contributed by atoms with E-state index in [0.29, 0.717) is 6.10 Å². The molecule has 0 amide bonds. The highest BCUT2D eigenvalue weighted by atomic mass is 35.5. The number of hydrogen-bond donors (Lipinski definition) is 1. The van der Waals surface area contributed by atoms with Gasteiger partial charge in [-0.3, -0.25) is 0 Å². The van der Waals surface area contributed by atoms with Crippen LogP contribution in [-0.2, 0) is 11.3 Å². The van der Waals surface area contributed by atoms with Crippen LogP contribution in [0.3, 0.4) is 0 Å². The van der Waals surface area contributed by atoms with E-state index in [1.54, 1.807) is 7.11 Å². The van der Waals surface area contributed by atoms with Gasteiger partial charge in [0.05, 0.1) is 13.2 Å². The van der Waals surface area contributed by atoms with Gasteiger partial charge in [-0.2, -0.15) is 0 Å². The smallest absolute Gasteiger partial charge is 0.124 e. The van der Waals surface area contributed by atoms with Crippen LogP contribution in [0.2, 0.25) is 5.02 Å². The molecule has 0 atom stereocenters. The molecule has 1 aromatic rings. The Balaban J connectivity index is 1.61. The SMILES string of the molecule is COc1cccc(Cl)c1CNCCCOC1CCCCC1. The first-order chi connectivity index (χ1) is 10.3. The van der Waals surface area contributed by atoms with E-state index in [2.05, 4.69) is 5.32 Å². The fourth-order valence-corrected chi connectivity index (χ4v) is 3.03. The van der Waals surface area contributed by atoms with Gasteiger partial charge >= 0.3 is 0 Å². The maximum Gasteiger partial charge on any atom is 0.124 e. The number of nitrogens with one attached hydrogen (secondary N) is 1. The summed E-state index contributed by atoms with van der Waals surface area (Å²) in [5, 5.41) is 4.16. The van der Waals surface area contributed by atoms with Crippen molar-refractivity contribution in [3.63, 3.8) is 0 Å². The predicted molar refractivity (Wildman–Crippen MR) is 87.2 cm³/mol. The van der Waals surface area contributed by atoms with Crippen LogP contribution in [-0.4, -0.2) is 26.4 Å². The van der Waals surface area contributed by atoms with Crippen molar-refractivity contribution in [3.05, 3.63) is 28.8 Å². The molecule has 1 N–H and O–H groups in total. The second kappa shape index (κ2) is 9.29. The lowest BCUT2D eigenvalue weighted by Crippen LogP contribution is -2.21. The van der Waals surface area contributed by atoms with Crippen LogP contribution in [0.1, 0.15) is 44.1 Å². The van der Waals surface area contributed by atoms with Crippen molar-refractivity contribution in [1.82, 2.24) is 5.32 Å². The normalized spacial score (nSPS) is 16.1. The molecule has 0 aromatic heterocycles. The second-order valence-corrected chi connectivity index (χ2v) is 5.99. The highest BCUT2D eigenvalue weighted by Gasteiger charge is 2.13. The van der Waals surface area contributed by atoms with Gasteiger partial charge in [0, 0.05) is 23.7 Å². The fraction of sp³-hybridized carbons (Fsp3) is 0.647. The molecule has 0 heterocycles. The van der Waals surface area contributed by atoms with Gasteiger partial charge in [-0.1, -0.05) is 36.9 Å². The monoisotopic (exact) mass is 311 g/mol. The molecule has 3 nitrogen and oxygen atoms in total. The van der Waals surface area contributed by atoms with Crippen molar-refractivity contribution in [2.45, 2.75) is 51.2 Å². The lowest BCUT2D eigenvalue weighted by Gasteiger charge is -2.22. The third-order valence-electron chi connectivity index (χ3n) is 4.00. The molecule has 1 saturated carbocycles. The Hall–Kier alpha value is -0.770. The molecule has 21 heavy (non-hydrogen) atoms. The average molecular weight is 312 g/mol. The van der Waals surface area contributed by atoms with Crippen molar-refractivity contribution in [2.24, 2.45) is 0 Å². The molecule has 0 spiro atoms. The van der Waals surface area contributed by atoms with Crippen molar-refractivity contribution in [3.8, 4) is 5.75 Å². The Morgan fingerprint density at radius 1 is 1.24 bits per heavy atom. The van der Waals surface area contributed by atoms with E-state index in [1.165, 1.54) is 32.1 Å². The topological polar surface area (TPSA) is 30.5 Å². The summed E-state index contributed by atoms with van der Waals surface area (Å²) in [6.45, 7) is 2.50. The second-order valence-electron chi connectivity index (χ2n) is 5.58. The van der Waals surface area contributed by atoms with Crippen molar-refractivity contribution >= 4 is 11.6 Å². The Labute approximate surface area is 133 Å². The van der Waals surface area contributed by atoms with E-state index in [1.807, 2.05) is 18.2 Å². The van der Waals surface area contributed by atoms with Crippen LogP contribution in [0.25, 0.3) is 0 Å². The first-order valence-electron chi connectivity index (χ1n) is 7.95. The van der Waals surface area contributed by atoms with E-state index in [9.17, 15) is 0 Å². The van der Waals surface area contributed by atoms with Crippen LogP contribution in [0.15, 0.2) is 18.2 Å². The minimum atomic E-state index is 0.502. The van der Waals surface area contributed by atoms with Crippen molar-refractivity contribution in [2.75, 3.05) is 20.3 Å². The van der Waals surface area contributed by atoms with E-state index in [0.717, 1.165) is 42.5 Å². The summed E-state index contributed by atoms with van der Waals surface area (Å²) in [5.41, 5.74) is 1.02. The lowest BCUT2D eigenvalue weighted by molar-refractivity contribution is 0.0273. The van der Waals surface area contributed by atoms with Gasteiger partial charge in [-0.25, -0.2) is 0 Å². The third kappa shape index (κ3) is 5.50. The Bertz CT molecular complexity index is 419. The molecule has 2 rings (SSSR count). The number of halogens is 1. The molecule has 118 valence electrons. The minimum Gasteiger partial charge on any atom is -0.496 e. The van der Waals surface area contributed by atoms with Gasteiger partial charge in [0.2, 0.25) is 0 Å². The first-order valence-corrected chi connectivity index (χ1v) is 8.32. The molecule has 1 fully saturated rings. The summed E-state index contributed by atoms with van der Waals surface area (Å²) in [5.74, 6) is 0.841. The van der Waals surface area contributed by atoms with Gasteiger partial charge in [-0.05, 0) is 37.9 Å². The molecule has 0 bridgehead atoms. The molecule has 1 aliphatic rings. The predicted octanol–water partition coefficient (Wildman–Crippen LogP) is 4.18. The average Bonchev–Trinajstić information content (AvgIpc) is 2.52. The number of ether oxygens (including phenoxy) is 2. The zero-order valence-electron chi connectivity index (χ0n) is 12.9. The first kappa shape index (κ1) is 16.6. The lowest BCUT2D eigenvalue weighted by atomic mass is 9.98. The molecule has 1 aliphatic carbocycles. The minimum absolute atomic E-state index is 0.502. The summed E-state index contributed by atoms with van der Waals surface area (Å²) in [6.07, 6.45) is 8.05. The number of methoxy groups -OCH3 is 1. The summed E-state index contributed by atoms with van der Waals surface area (Å²) in [4.78, 5) is 0. The Morgan fingerprint density at radius 3 is 2.81 bits per heavy atom. The molecular formula is C17H26ClNO2. The summed E-state index contributed by atoms with van der Waals surface area (Å²) >= 11 is 6.21. The van der Waals surface area contributed by atoms with Gasteiger partial charge in [0.25, 0.3) is 0 Å². The number of rotatable bonds is 8. The maximum atomic E-state index is 6.21. The standard InChI is InChI=1S/C17H26ClNO2/c1-20-17-10-5-9-16(18)15(17)13-19-11-6-12-21-14-7-3-2-4-8-14/h5,9-10,14,19H,2-4,6-8,11-13H2,1H3. The van der Waals surface area contributed by atoms with Gasteiger partial charge in [0.1, 0.15) is 5.75 Å². The molecule has 0 radical (unpaired) electrons. The van der Waals surface area contributed by atoms with Crippen LogP contribution >= 0.6 is 11.6 Å². The van der Waals surface area contributed by atoms with E-state index < -0.39 is 0 Å². The van der Waals surface area contributed by atoms with Crippen LogP contribution in [0.4, 0.5) is 0 Å². The highest BCUT2D eigenvalue weighted by molar-refractivity contribution is 6.31. The molecule has 1 aromatic carbocycles. The molecule has 0 saturated heterocycles. The van der Waals surface area contributed by atoms with Gasteiger partial charge in [-0.15, -0.1) is 0 Å². The highest BCUT2D eigenvalue weighted by Crippen LogP contribution is 2.25. The fourth-order valence-electron chi connectivity index (χ4n) is 2.79. The van der Waals surface area contributed by atoms with E-state index in [-0.39, 0.29) is 0 Å². The summed E-state index contributed by atoms with van der Waals surface area (Å²) in [7, 11) is 1.67. The largest absolute Gasteiger partial charge is 0.496 e. The summed E-state index contributed by atoms with van der Waals surface area (Å²) in [6, 6.07) is 5.74. The molecule has 4 heteroatoms. The van der Waals surface area contributed by atoms with Crippen molar-refractivity contribution < 1.29 is 9.47 Å². The maximum absolute atomic E-state index is 6.21. The zero-order chi connectivity index (χ0) is 14.9. The summed E-state index contributed by atoms with van der Waals surface area (Å²) < 4.78 is 11.2. The molecule has 0 aliphatic heterocycles. The Morgan fingerprint density at radius 2 is 2.05 bits per heavy atom. The van der Waals surface area contributed by atoms with Gasteiger partial charge < -0.3 is 14.8 Å². The van der Waals surface area contributed by atoms with Crippen LogP contribution in [0.5, 0.6) is 5.75 Å². The number of benzene rings is 1. The van der Waals surface area contributed by atoms with E-state index in [4.69, 9.17) is 21.1 Å².